The molecular formula is C21H22N2O3. The van der Waals surface area contributed by atoms with Crippen LogP contribution in [0.1, 0.15) is 49.4 Å². The highest BCUT2D eigenvalue weighted by molar-refractivity contribution is 5.94. The number of nitrogens with zero attached hydrogens (tertiary/aromatic N) is 2. The molecular weight excluding hydrogens is 328 g/mol. The molecule has 2 unspecified atom stereocenters. The van der Waals surface area contributed by atoms with E-state index < -0.39 is 0 Å². The van der Waals surface area contributed by atoms with Gasteiger partial charge in [0.25, 0.3) is 0 Å². The average molecular weight is 350 g/mol. The topological polar surface area (TPSA) is 61.3 Å². The SMILES string of the molecule is CCOC(C)C#Cc1nc2cccc(C=O)c2nc1C#CC(C)OCC. The van der Waals surface area contributed by atoms with E-state index in [1.807, 2.05) is 27.7 Å². The van der Waals surface area contributed by atoms with Crippen LogP contribution < -0.4 is 0 Å². The number of hydrogen-bond donors (Lipinski definition) is 0. The number of aromatic nitrogens is 2. The van der Waals surface area contributed by atoms with Crippen LogP contribution in [-0.2, 0) is 9.47 Å². The van der Waals surface area contributed by atoms with Crippen molar-refractivity contribution < 1.29 is 14.3 Å². The minimum Gasteiger partial charge on any atom is -0.366 e. The van der Waals surface area contributed by atoms with E-state index in [1.165, 1.54) is 0 Å². The van der Waals surface area contributed by atoms with E-state index in [9.17, 15) is 4.79 Å². The summed E-state index contributed by atoms with van der Waals surface area (Å²) in [6, 6.07) is 5.27. The molecule has 0 saturated carbocycles. The van der Waals surface area contributed by atoms with E-state index in [4.69, 9.17) is 9.47 Å². The van der Waals surface area contributed by atoms with Gasteiger partial charge in [0.1, 0.15) is 29.1 Å². The van der Waals surface area contributed by atoms with Crippen molar-refractivity contribution in [3.05, 3.63) is 35.2 Å². The highest BCUT2D eigenvalue weighted by Gasteiger charge is 2.09. The van der Waals surface area contributed by atoms with Gasteiger partial charge in [-0.05, 0) is 51.7 Å². The van der Waals surface area contributed by atoms with Gasteiger partial charge in [-0.15, -0.1) is 0 Å². The smallest absolute Gasteiger partial charge is 0.152 e. The predicted molar refractivity (Wildman–Crippen MR) is 101 cm³/mol. The van der Waals surface area contributed by atoms with E-state index in [1.54, 1.807) is 18.2 Å². The molecule has 5 heteroatoms. The summed E-state index contributed by atoms with van der Waals surface area (Å²) in [6.07, 6.45) is 0.309. The van der Waals surface area contributed by atoms with E-state index >= 15 is 0 Å². The minimum atomic E-state index is -0.234. The summed E-state index contributed by atoms with van der Waals surface area (Å²) in [6.45, 7) is 8.73. The lowest BCUT2D eigenvalue weighted by atomic mass is 10.1. The number of carbonyl (C=O) groups is 1. The minimum absolute atomic E-state index is 0.220. The van der Waals surface area contributed by atoms with Gasteiger partial charge in [0.05, 0.1) is 5.52 Å². The van der Waals surface area contributed by atoms with Gasteiger partial charge >= 0.3 is 0 Å². The molecule has 0 aliphatic heterocycles. The number of carbonyl (C=O) groups excluding carboxylic acids is 1. The first kappa shape index (κ1) is 19.6. The van der Waals surface area contributed by atoms with E-state index in [2.05, 4.69) is 33.6 Å². The first-order chi connectivity index (χ1) is 12.6. The van der Waals surface area contributed by atoms with Crippen LogP contribution in [-0.4, -0.2) is 41.7 Å². The number of fused-ring (bicyclic) bond motifs is 1. The van der Waals surface area contributed by atoms with Crippen LogP contribution in [0.25, 0.3) is 11.0 Å². The molecule has 2 atom stereocenters. The van der Waals surface area contributed by atoms with Gasteiger partial charge in [-0.25, -0.2) is 9.97 Å². The van der Waals surface area contributed by atoms with Crippen molar-refractivity contribution in [2.24, 2.45) is 0 Å². The second-order valence-corrected chi connectivity index (χ2v) is 5.49. The lowest BCUT2D eigenvalue weighted by Gasteiger charge is -2.05. The molecule has 134 valence electrons. The monoisotopic (exact) mass is 350 g/mol. The van der Waals surface area contributed by atoms with Crippen LogP contribution in [0.3, 0.4) is 0 Å². The first-order valence-electron chi connectivity index (χ1n) is 8.61. The molecule has 0 saturated heterocycles. The number of ether oxygens (including phenoxy) is 2. The maximum Gasteiger partial charge on any atom is 0.152 e. The second-order valence-electron chi connectivity index (χ2n) is 5.49. The third-order valence-corrected chi connectivity index (χ3v) is 3.47. The summed E-state index contributed by atoms with van der Waals surface area (Å²) >= 11 is 0. The second kappa shape index (κ2) is 9.68. The van der Waals surface area contributed by atoms with Crippen molar-refractivity contribution in [3.8, 4) is 23.7 Å². The van der Waals surface area contributed by atoms with Crippen molar-refractivity contribution in [2.45, 2.75) is 39.9 Å². The maximum absolute atomic E-state index is 11.3. The fraction of sp³-hybridized carbons (Fsp3) is 0.381. The number of rotatable bonds is 5. The third-order valence-electron chi connectivity index (χ3n) is 3.47. The maximum atomic E-state index is 11.3. The molecule has 0 aliphatic rings. The van der Waals surface area contributed by atoms with Crippen LogP contribution in [0.2, 0.25) is 0 Å². The van der Waals surface area contributed by atoms with Crippen molar-refractivity contribution >= 4 is 17.3 Å². The van der Waals surface area contributed by atoms with Crippen LogP contribution >= 0.6 is 0 Å². The number of para-hydroxylation sites is 1. The van der Waals surface area contributed by atoms with Crippen LogP contribution in [0.5, 0.6) is 0 Å². The van der Waals surface area contributed by atoms with Crippen LogP contribution in [0.15, 0.2) is 18.2 Å². The first-order valence-corrected chi connectivity index (χ1v) is 8.61. The predicted octanol–water partition coefficient (Wildman–Crippen LogP) is 3.00. The summed E-state index contributed by atoms with van der Waals surface area (Å²) in [7, 11) is 0. The molecule has 0 amide bonds. The summed E-state index contributed by atoms with van der Waals surface area (Å²) in [4.78, 5) is 20.4. The number of hydrogen-bond acceptors (Lipinski definition) is 5. The van der Waals surface area contributed by atoms with Crippen LogP contribution in [0, 0.1) is 23.7 Å². The molecule has 26 heavy (non-hydrogen) atoms. The van der Waals surface area contributed by atoms with Gasteiger partial charge in [-0.1, -0.05) is 17.9 Å². The van der Waals surface area contributed by atoms with Crippen molar-refractivity contribution in [1.29, 1.82) is 0 Å². The van der Waals surface area contributed by atoms with E-state index in [0.717, 1.165) is 6.29 Å². The van der Waals surface area contributed by atoms with Gasteiger partial charge < -0.3 is 9.47 Å². The quantitative estimate of drug-likeness (QED) is 0.613. The molecule has 0 bridgehead atoms. The molecule has 2 rings (SSSR count). The average Bonchev–Trinajstić information content (AvgIpc) is 2.64. The molecule has 0 N–H and O–H groups in total. The van der Waals surface area contributed by atoms with Crippen molar-refractivity contribution in [1.82, 2.24) is 9.97 Å². The molecule has 0 fully saturated rings. The molecule has 0 radical (unpaired) electrons. The van der Waals surface area contributed by atoms with E-state index in [-0.39, 0.29) is 12.2 Å². The summed E-state index contributed by atoms with van der Waals surface area (Å²) < 4.78 is 10.9. The Morgan fingerprint density at radius 1 is 1.00 bits per heavy atom. The standard InChI is InChI=1S/C21H22N2O3/c1-5-25-15(3)10-12-18-19(13-11-16(4)26-6-2)23-21-17(14-24)8-7-9-20(21)22-18/h7-9,14-16H,5-6H2,1-4H3. The van der Waals surface area contributed by atoms with Crippen LogP contribution in [0.4, 0.5) is 0 Å². The molecule has 5 nitrogen and oxygen atoms in total. The normalized spacial score (nSPS) is 12.5. The zero-order chi connectivity index (χ0) is 18.9. The lowest BCUT2D eigenvalue weighted by molar-refractivity contribution is 0.112. The highest BCUT2D eigenvalue weighted by atomic mass is 16.5. The Hall–Kier alpha value is -2.73. The number of aldehydes is 1. The Labute approximate surface area is 154 Å². The Balaban J connectivity index is 2.56. The highest BCUT2D eigenvalue weighted by Crippen LogP contribution is 2.16. The Bertz CT molecular complexity index is 900. The fourth-order valence-corrected chi connectivity index (χ4v) is 2.29. The van der Waals surface area contributed by atoms with E-state index in [0.29, 0.717) is 41.2 Å². The summed E-state index contributed by atoms with van der Waals surface area (Å²) in [5.74, 6) is 12.0. The lowest BCUT2D eigenvalue weighted by Crippen LogP contribution is -2.06. The molecule has 0 spiro atoms. The van der Waals surface area contributed by atoms with Gasteiger partial charge in [-0.2, -0.15) is 0 Å². The van der Waals surface area contributed by atoms with Gasteiger partial charge in [0.2, 0.25) is 0 Å². The zero-order valence-electron chi connectivity index (χ0n) is 15.5. The van der Waals surface area contributed by atoms with Crippen molar-refractivity contribution in [3.63, 3.8) is 0 Å². The Morgan fingerprint density at radius 3 is 2.12 bits per heavy atom. The largest absolute Gasteiger partial charge is 0.366 e. The van der Waals surface area contributed by atoms with Crippen molar-refractivity contribution in [2.75, 3.05) is 13.2 Å². The molecule has 2 aromatic rings. The van der Waals surface area contributed by atoms with Gasteiger partial charge in [-0.3, -0.25) is 4.79 Å². The molecule has 0 aliphatic carbocycles. The summed E-state index contributed by atoms with van der Waals surface area (Å²) in [5.41, 5.74) is 2.47. The fourth-order valence-electron chi connectivity index (χ4n) is 2.29. The molecule has 1 heterocycles. The van der Waals surface area contributed by atoms with Gasteiger partial charge in [0, 0.05) is 18.8 Å². The summed E-state index contributed by atoms with van der Waals surface area (Å²) in [5, 5.41) is 0. The zero-order valence-corrected chi connectivity index (χ0v) is 15.5. The third kappa shape index (κ3) is 5.13. The Kier molecular flexibility index (Phi) is 7.29. The molecule has 1 aromatic heterocycles. The number of benzene rings is 1. The molecule has 1 aromatic carbocycles. The Morgan fingerprint density at radius 2 is 1.58 bits per heavy atom. The van der Waals surface area contributed by atoms with Gasteiger partial charge in [0.15, 0.2) is 6.29 Å².